The van der Waals surface area contributed by atoms with E-state index in [1.807, 2.05) is 0 Å². The second-order valence-corrected chi connectivity index (χ2v) is 8.28. The van der Waals surface area contributed by atoms with E-state index in [0.29, 0.717) is 32.5 Å². The Balaban J connectivity index is 3.78. The number of rotatable bonds is 22. The fourth-order valence-electron chi connectivity index (χ4n) is 3.26. The van der Waals surface area contributed by atoms with E-state index < -0.39 is 0 Å². The van der Waals surface area contributed by atoms with Gasteiger partial charge in [0.2, 0.25) is 11.8 Å². The predicted molar refractivity (Wildman–Crippen MR) is 135 cm³/mol. The molecule has 0 bridgehead atoms. The molecule has 0 aliphatic rings. The Morgan fingerprint density at radius 2 is 1.12 bits per heavy atom. The smallest absolute Gasteiger partial charge is 0.220 e. The Labute approximate surface area is 196 Å². The van der Waals surface area contributed by atoms with Crippen LogP contribution in [0.25, 0.3) is 0 Å². The van der Waals surface area contributed by atoms with Crippen LogP contribution in [0, 0.1) is 0 Å². The zero-order valence-corrected chi connectivity index (χ0v) is 20.7. The van der Waals surface area contributed by atoms with Gasteiger partial charge in [0.15, 0.2) is 0 Å². The average Bonchev–Trinajstić information content (AvgIpc) is 2.78. The summed E-state index contributed by atoms with van der Waals surface area (Å²) < 4.78 is 0. The minimum Gasteiger partial charge on any atom is -0.395 e. The summed E-state index contributed by atoms with van der Waals surface area (Å²) >= 11 is 0. The molecule has 0 aromatic heterocycles. The maximum atomic E-state index is 11.9. The lowest BCUT2D eigenvalue weighted by Crippen LogP contribution is -2.34. The molecule has 0 unspecified atom stereocenters. The van der Waals surface area contributed by atoms with E-state index in [1.54, 1.807) is 0 Å². The fraction of sp³-hybridized carbons (Fsp3) is 0.769. The Hall–Kier alpha value is -1.66. The molecular weight excluding hydrogens is 402 g/mol. The van der Waals surface area contributed by atoms with Gasteiger partial charge < -0.3 is 20.6 Å². The van der Waals surface area contributed by atoms with Gasteiger partial charge in [0.1, 0.15) is 0 Å². The number of aliphatic hydroxyl groups excluding tert-OH is 1. The van der Waals surface area contributed by atoms with Gasteiger partial charge in [0.25, 0.3) is 0 Å². The van der Waals surface area contributed by atoms with Gasteiger partial charge >= 0.3 is 0 Å². The zero-order valence-electron chi connectivity index (χ0n) is 20.7. The zero-order chi connectivity index (χ0) is 23.7. The van der Waals surface area contributed by atoms with E-state index in [2.05, 4.69) is 53.7 Å². The van der Waals surface area contributed by atoms with Crippen molar-refractivity contribution in [3.05, 3.63) is 24.3 Å². The molecule has 0 radical (unpaired) electrons. The summed E-state index contributed by atoms with van der Waals surface area (Å²) in [5.74, 6) is 0.198. The molecule has 3 N–H and O–H groups in total. The summed E-state index contributed by atoms with van der Waals surface area (Å²) in [7, 11) is 0. The molecule has 0 spiro atoms. The van der Waals surface area contributed by atoms with Crippen LogP contribution in [0.2, 0.25) is 0 Å². The van der Waals surface area contributed by atoms with Crippen molar-refractivity contribution in [2.24, 2.45) is 0 Å². The van der Waals surface area contributed by atoms with Crippen LogP contribution in [0.1, 0.15) is 90.9 Å². The Morgan fingerprint density at radius 3 is 1.53 bits per heavy atom. The van der Waals surface area contributed by atoms with Crippen LogP contribution in [-0.2, 0) is 9.59 Å². The SMILES string of the molecule is CCCC/C=C/CCC(=O)NCCCN(CCO)CCCNC(=O)CC/C=C/CCCC. The molecule has 0 aliphatic heterocycles. The average molecular weight is 452 g/mol. The van der Waals surface area contributed by atoms with Crippen LogP contribution in [0.5, 0.6) is 0 Å². The van der Waals surface area contributed by atoms with E-state index in [0.717, 1.165) is 51.6 Å². The van der Waals surface area contributed by atoms with Crippen molar-refractivity contribution >= 4 is 11.8 Å². The molecule has 6 nitrogen and oxygen atoms in total. The van der Waals surface area contributed by atoms with E-state index in [1.165, 1.54) is 25.7 Å². The number of carbonyl (C=O) groups excluding carboxylic acids is 2. The lowest BCUT2D eigenvalue weighted by molar-refractivity contribution is -0.121. The highest BCUT2D eigenvalue weighted by Gasteiger charge is 2.06. The summed E-state index contributed by atoms with van der Waals surface area (Å²) in [5, 5.41) is 15.2. The van der Waals surface area contributed by atoms with Crippen molar-refractivity contribution in [1.82, 2.24) is 15.5 Å². The Bertz CT molecular complexity index is 465. The van der Waals surface area contributed by atoms with Crippen LogP contribution in [0.3, 0.4) is 0 Å². The highest BCUT2D eigenvalue weighted by molar-refractivity contribution is 5.76. The van der Waals surface area contributed by atoms with Gasteiger partial charge in [-0.05, 0) is 51.6 Å². The number of amides is 2. The van der Waals surface area contributed by atoms with Crippen LogP contribution in [0.15, 0.2) is 24.3 Å². The van der Waals surface area contributed by atoms with Gasteiger partial charge in [0.05, 0.1) is 6.61 Å². The molecule has 0 saturated carbocycles. The monoisotopic (exact) mass is 451 g/mol. The third kappa shape index (κ3) is 21.6. The van der Waals surface area contributed by atoms with Crippen LogP contribution in [-0.4, -0.2) is 61.2 Å². The van der Waals surface area contributed by atoms with E-state index in [-0.39, 0.29) is 18.4 Å². The largest absolute Gasteiger partial charge is 0.395 e. The molecule has 0 heterocycles. The van der Waals surface area contributed by atoms with Crippen LogP contribution >= 0.6 is 0 Å². The van der Waals surface area contributed by atoms with E-state index >= 15 is 0 Å². The van der Waals surface area contributed by atoms with E-state index in [4.69, 9.17) is 0 Å². The summed E-state index contributed by atoms with van der Waals surface area (Å²) in [6.07, 6.45) is 19.9. The predicted octanol–water partition coefficient (Wildman–Crippen LogP) is 4.35. The lowest BCUT2D eigenvalue weighted by Gasteiger charge is -2.21. The highest BCUT2D eigenvalue weighted by atomic mass is 16.3. The minimum atomic E-state index is 0.0989. The van der Waals surface area contributed by atoms with Crippen molar-refractivity contribution in [3.63, 3.8) is 0 Å². The van der Waals surface area contributed by atoms with Crippen molar-refractivity contribution < 1.29 is 14.7 Å². The molecule has 32 heavy (non-hydrogen) atoms. The number of aliphatic hydroxyl groups is 1. The number of hydrogen-bond donors (Lipinski definition) is 3. The molecule has 0 aromatic carbocycles. The number of carbonyl (C=O) groups is 2. The maximum Gasteiger partial charge on any atom is 0.220 e. The minimum absolute atomic E-state index is 0.0989. The topological polar surface area (TPSA) is 81.7 Å². The first-order valence-electron chi connectivity index (χ1n) is 12.8. The third-order valence-electron chi connectivity index (χ3n) is 5.22. The molecule has 0 aliphatic carbocycles. The molecule has 0 aromatic rings. The van der Waals surface area contributed by atoms with Crippen molar-refractivity contribution in [3.8, 4) is 0 Å². The van der Waals surface area contributed by atoms with Gasteiger partial charge in [-0.15, -0.1) is 0 Å². The van der Waals surface area contributed by atoms with Gasteiger partial charge in [-0.25, -0.2) is 0 Å². The molecule has 0 atom stereocenters. The second-order valence-electron chi connectivity index (χ2n) is 8.28. The Kier molecular flexibility index (Phi) is 22.7. The molecule has 0 saturated heterocycles. The maximum absolute atomic E-state index is 11.9. The number of allylic oxidation sites excluding steroid dienone is 4. The van der Waals surface area contributed by atoms with Crippen LogP contribution in [0.4, 0.5) is 0 Å². The Morgan fingerprint density at radius 1 is 0.688 bits per heavy atom. The number of nitrogens with one attached hydrogen (secondary N) is 2. The fourth-order valence-corrected chi connectivity index (χ4v) is 3.26. The first-order valence-corrected chi connectivity index (χ1v) is 12.8. The molecule has 6 heteroatoms. The highest BCUT2D eigenvalue weighted by Crippen LogP contribution is 2.00. The van der Waals surface area contributed by atoms with Gasteiger partial charge in [-0.3, -0.25) is 9.59 Å². The molecule has 2 amide bonds. The molecule has 186 valence electrons. The van der Waals surface area contributed by atoms with Crippen molar-refractivity contribution in [2.75, 3.05) is 39.3 Å². The van der Waals surface area contributed by atoms with Crippen LogP contribution < -0.4 is 10.6 Å². The number of nitrogens with zero attached hydrogens (tertiary/aromatic N) is 1. The lowest BCUT2D eigenvalue weighted by atomic mass is 10.2. The summed E-state index contributed by atoms with van der Waals surface area (Å²) in [6, 6.07) is 0. The first-order chi connectivity index (χ1) is 15.6. The summed E-state index contributed by atoms with van der Waals surface area (Å²) in [5.41, 5.74) is 0. The standard InChI is InChI=1S/C26H49N3O3/c1-3-5-7-9-11-13-17-25(31)27-19-15-21-29(23-24-30)22-16-20-28-26(32)18-14-12-10-8-6-4-2/h9-12,30H,3-8,13-24H2,1-2H3,(H,27,31)(H,28,32)/b11-9+,12-10+. The first kappa shape index (κ1) is 30.3. The van der Waals surface area contributed by atoms with Crippen molar-refractivity contribution in [2.45, 2.75) is 90.9 Å². The molecule has 0 fully saturated rings. The molecular formula is C26H49N3O3. The second kappa shape index (κ2) is 24.0. The summed E-state index contributed by atoms with van der Waals surface area (Å²) in [4.78, 5) is 25.9. The van der Waals surface area contributed by atoms with Gasteiger partial charge in [-0.1, -0.05) is 63.8 Å². The quantitative estimate of drug-likeness (QED) is 0.169. The summed E-state index contributed by atoms with van der Waals surface area (Å²) in [6.45, 7) is 8.06. The van der Waals surface area contributed by atoms with Gasteiger partial charge in [-0.2, -0.15) is 0 Å². The number of hydrogen-bond acceptors (Lipinski definition) is 4. The van der Waals surface area contributed by atoms with E-state index in [9.17, 15) is 14.7 Å². The number of unbranched alkanes of at least 4 members (excludes halogenated alkanes) is 4. The molecule has 0 rings (SSSR count). The normalized spacial score (nSPS) is 11.6. The third-order valence-corrected chi connectivity index (χ3v) is 5.22. The van der Waals surface area contributed by atoms with Gasteiger partial charge in [0, 0.05) is 32.5 Å². The van der Waals surface area contributed by atoms with Crippen molar-refractivity contribution in [1.29, 1.82) is 0 Å².